The van der Waals surface area contributed by atoms with Crippen molar-refractivity contribution in [2.75, 3.05) is 30.0 Å². The number of aliphatic hydroxyl groups excluding tert-OH is 1. The molecule has 2 heterocycles. The van der Waals surface area contributed by atoms with Crippen LogP contribution in [0.5, 0.6) is 11.5 Å². The lowest BCUT2D eigenvalue weighted by Crippen LogP contribution is -2.29. The monoisotopic (exact) mass is 512 g/mol. The van der Waals surface area contributed by atoms with Crippen LogP contribution in [-0.2, 0) is 16.0 Å². The van der Waals surface area contributed by atoms with E-state index in [-0.39, 0.29) is 17.4 Å². The first-order valence-electron chi connectivity index (χ1n) is 13.0. The zero-order valence-corrected chi connectivity index (χ0v) is 22.1. The zero-order chi connectivity index (χ0) is 27.0. The molecule has 0 aliphatic carbocycles. The van der Waals surface area contributed by atoms with Crippen LogP contribution in [-0.4, -0.2) is 43.1 Å². The fourth-order valence-corrected chi connectivity index (χ4v) is 5.36. The summed E-state index contributed by atoms with van der Waals surface area (Å²) in [6.07, 6.45) is 0.757. The van der Waals surface area contributed by atoms with Crippen molar-refractivity contribution in [3.8, 4) is 11.5 Å². The number of amides is 1. The number of anilines is 2. The molecule has 3 aromatic rings. The van der Waals surface area contributed by atoms with E-state index in [1.54, 1.807) is 31.4 Å². The van der Waals surface area contributed by atoms with Gasteiger partial charge in [-0.15, -0.1) is 0 Å². The average molecular weight is 513 g/mol. The molecule has 0 spiro atoms. The lowest BCUT2D eigenvalue weighted by atomic mass is 9.94. The highest BCUT2D eigenvalue weighted by atomic mass is 16.5. The summed E-state index contributed by atoms with van der Waals surface area (Å²) in [4.78, 5) is 30.7. The van der Waals surface area contributed by atoms with Gasteiger partial charge in [0, 0.05) is 36.4 Å². The minimum Gasteiger partial charge on any atom is -0.507 e. The molecule has 7 nitrogen and oxygen atoms in total. The second-order valence-corrected chi connectivity index (χ2v) is 9.59. The van der Waals surface area contributed by atoms with Crippen LogP contribution < -0.4 is 19.3 Å². The number of nitrogens with zero attached hydrogens (tertiary/aromatic N) is 2. The minimum atomic E-state index is -0.826. The van der Waals surface area contributed by atoms with Crippen LogP contribution in [0.1, 0.15) is 43.5 Å². The molecule has 1 saturated heterocycles. The molecule has 1 fully saturated rings. The van der Waals surface area contributed by atoms with Crippen molar-refractivity contribution in [1.82, 2.24) is 0 Å². The highest BCUT2D eigenvalue weighted by molar-refractivity contribution is 6.51. The highest BCUT2D eigenvalue weighted by Gasteiger charge is 2.47. The van der Waals surface area contributed by atoms with Gasteiger partial charge in [0.2, 0.25) is 0 Å². The number of hydrogen-bond donors (Lipinski definition) is 1. The molecule has 1 N–H and O–H groups in total. The van der Waals surface area contributed by atoms with Crippen LogP contribution in [0.15, 0.2) is 72.3 Å². The van der Waals surface area contributed by atoms with Gasteiger partial charge in [-0.3, -0.25) is 14.5 Å². The first kappa shape index (κ1) is 25.4. The Labute approximate surface area is 222 Å². The summed E-state index contributed by atoms with van der Waals surface area (Å²) in [5.74, 6) is -0.261. The number of carbonyl (C=O) groups is 2. The normalized spacial score (nSPS) is 19.8. The van der Waals surface area contributed by atoms with Crippen molar-refractivity contribution in [3.05, 3.63) is 89.0 Å². The summed E-state index contributed by atoms with van der Waals surface area (Å²) in [7, 11) is 1.57. The standard InChI is InChI=1S/C31H32N2O5/c1-5-32(6-2)23-11-13-24(14-12-23)33-28(20-8-7-9-25(18-20)37-4)27(30(35)31(33)36)29(34)21-10-15-26-22(17-21)16-19(3)38-26/h7-15,17-19,28,34H,5-6,16H2,1-4H3/b29-27-. The zero-order valence-electron chi connectivity index (χ0n) is 22.1. The van der Waals surface area contributed by atoms with Gasteiger partial charge < -0.3 is 19.5 Å². The summed E-state index contributed by atoms with van der Waals surface area (Å²) in [6.45, 7) is 7.87. The SMILES string of the molecule is CCN(CC)c1ccc(N2C(=O)C(=O)/C(=C(\O)c3ccc4c(c3)CC(C)O4)C2c2cccc(OC)c2)cc1. The summed E-state index contributed by atoms with van der Waals surface area (Å²) >= 11 is 0. The Kier molecular flexibility index (Phi) is 6.85. The van der Waals surface area contributed by atoms with Gasteiger partial charge in [-0.25, -0.2) is 0 Å². The van der Waals surface area contributed by atoms with Gasteiger partial charge in [-0.1, -0.05) is 12.1 Å². The summed E-state index contributed by atoms with van der Waals surface area (Å²) < 4.78 is 11.2. The molecule has 2 aliphatic heterocycles. The minimum absolute atomic E-state index is 0.0444. The lowest BCUT2D eigenvalue weighted by molar-refractivity contribution is -0.132. The smallest absolute Gasteiger partial charge is 0.300 e. The van der Waals surface area contributed by atoms with E-state index in [9.17, 15) is 14.7 Å². The van der Waals surface area contributed by atoms with E-state index in [1.807, 2.05) is 49.4 Å². The van der Waals surface area contributed by atoms with Crippen LogP contribution in [0, 0.1) is 0 Å². The van der Waals surface area contributed by atoms with Gasteiger partial charge in [0.05, 0.1) is 18.7 Å². The molecule has 0 radical (unpaired) electrons. The molecule has 2 aliphatic rings. The van der Waals surface area contributed by atoms with E-state index in [1.165, 1.54) is 4.90 Å². The molecule has 2 atom stereocenters. The highest BCUT2D eigenvalue weighted by Crippen LogP contribution is 2.43. The number of rotatable bonds is 7. The Balaban J connectivity index is 1.64. The maximum absolute atomic E-state index is 13.5. The van der Waals surface area contributed by atoms with Crippen molar-refractivity contribution in [3.63, 3.8) is 0 Å². The van der Waals surface area contributed by atoms with Crippen molar-refractivity contribution < 1.29 is 24.2 Å². The molecule has 3 aromatic carbocycles. The van der Waals surface area contributed by atoms with E-state index < -0.39 is 17.7 Å². The van der Waals surface area contributed by atoms with Crippen LogP contribution in [0.25, 0.3) is 5.76 Å². The molecule has 0 aromatic heterocycles. The quantitative estimate of drug-likeness (QED) is 0.256. The molecule has 2 unspecified atom stereocenters. The molecule has 1 amide bonds. The Morgan fingerprint density at radius 2 is 1.79 bits per heavy atom. The van der Waals surface area contributed by atoms with Crippen LogP contribution in [0.2, 0.25) is 0 Å². The van der Waals surface area contributed by atoms with Gasteiger partial charge in [0.1, 0.15) is 23.4 Å². The molecule has 196 valence electrons. The molecule has 38 heavy (non-hydrogen) atoms. The summed E-state index contributed by atoms with van der Waals surface area (Å²) in [5.41, 5.74) is 3.75. The van der Waals surface area contributed by atoms with Crippen LogP contribution in [0.3, 0.4) is 0 Å². The first-order chi connectivity index (χ1) is 18.4. The third kappa shape index (κ3) is 4.38. The third-order valence-corrected chi connectivity index (χ3v) is 7.28. The van der Waals surface area contributed by atoms with E-state index in [0.717, 1.165) is 30.1 Å². The maximum Gasteiger partial charge on any atom is 0.300 e. The Bertz CT molecular complexity index is 1410. The van der Waals surface area contributed by atoms with Crippen molar-refractivity contribution >= 4 is 28.8 Å². The topological polar surface area (TPSA) is 79.3 Å². The summed E-state index contributed by atoms with van der Waals surface area (Å²) in [5, 5.41) is 11.5. The second kappa shape index (κ2) is 10.2. The predicted octanol–water partition coefficient (Wildman–Crippen LogP) is 5.49. The van der Waals surface area contributed by atoms with Gasteiger partial charge in [-0.2, -0.15) is 0 Å². The number of Topliss-reactive ketones (excluding diaryl/α,β-unsaturated/α-hetero) is 1. The number of ether oxygens (including phenoxy) is 2. The lowest BCUT2D eigenvalue weighted by Gasteiger charge is -2.27. The van der Waals surface area contributed by atoms with Crippen molar-refractivity contribution in [2.45, 2.75) is 39.3 Å². The van der Waals surface area contributed by atoms with E-state index in [0.29, 0.717) is 29.0 Å². The number of fused-ring (bicyclic) bond motifs is 1. The fraction of sp³-hybridized carbons (Fsp3) is 0.290. The van der Waals surface area contributed by atoms with E-state index in [2.05, 4.69) is 18.7 Å². The first-order valence-corrected chi connectivity index (χ1v) is 13.0. The fourth-order valence-electron chi connectivity index (χ4n) is 5.36. The van der Waals surface area contributed by atoms with Gasteiger partial charge in [0.25, 0.3) is 11.7 Å². The molecule has 7 heteroatoms. The van der Waals surface area contributed by atoms with Gasteiger partial charge in [-0.05, 0) is 86.5 Å². The number of aliphatic hydroxyl groups is 1. The van der Waals surface area contributed by atoms with Crippen LogP contribution in [0.4, 0.5) is 11.4 Å². The molecule has 0 saturated carbocycles. The largest absolute Gasteiger partial charge is 0.507 e. The molecule has 0 bridgehead atoms. The maximum atomic E-state index is 13.5. The van der Waals surface area contributed by atoms with Crippen molar-refractivity contribution in [2.24, 2.45) is 0 Å². The van der Waals surface area contributed by atoms with E-state index >= 15 is 0 Å². The Morgan fingerprint density at radius 3 is 2.47 bits per heavy atom. The Morgan fingerprint density at radius 1 is 1.05 bits per heavy atom. The second-order valence-electron chi connectivity index (χ2n) is 9.59. The van der Waals surface area contributed by atoms with Crippen molar-refractivity contribution in [1.29, 1.82) is 0 Å². The number of carbonyl (C=O) groups excluding carboxylic acids is 2. The van der Waals surface area contributed by atoms with E-state index in [4.69, 9.17) is 9.47 Å². The number of hydrogen-bond acceptors (Lipinski definition) is 6. The van der Waals surface area contributed by atoms with Gasteiger partial charge in [0.15, 0.2) is 0 Å². The Hall–Kier alpha value is -4.26. The predicted molar refractivity (Wildman–Crippen MR) is 148 cm³/mol. The molecular formula is C31H32N2O5. The van der Waals surface area contributed by atoms with Gasteiger partial charge >= 0.3 is 0 Å². The molecular weight excluding hydrogens is 480 g/mol. The van der Waals surface area contributed by atoms with Crippen LogP contribution >= 0.6 is 0 Å². The third-order valence-electron chi connectivity index (χ3n) is 7.28. The molecule has 5 rings (SSSR count). The number of benzene rings is 3. The number of ketones is 1. The summed E-state index contributed by atoms with van der Waals surface area (Å²) in [6, 6.07) is 19.4. The average Bonchev–Trinajstić information content (AvgIpc) is 3.44. The number of methoxy groups -OCH3 is 1.